The van der Waals surface area contributed by atoms with E-state index in [1.165, 1.54) is 6.08 Å². The molecule has 7 heteroatoms. The van der Waals surface area contributed by atoms with Gasteiger partial charge in [0, 0.05) is 0 Å². The molecule has 0 aromatic carbocycles. The fourth-order valence-corrected chi connectivity index (χ4v) is 1.01. The number of hydrogen-bond acceptors (Lipinski definition) is 6. The van der Waals surface area contributed by atoms with Crippen molar-refractivity contribution in [3.63, 3.8) is 0 Å². The number of carboxylic acid groups (broad SMARTS) is 1. The van der Waals surface area contributed by atoms with Crippen LogP contribution in [0.4, 0.5) is 0 Å². The summed E-state index contributed by atoms with van der Waals surface area (Å²) in [4.78, 5) is 10.5. The summed E-state index contributed by atoms with van der Waals surface area (Å²) in [5.41, 5.74) is 0. The highest BCUT2D eigenvalue weighted by Crippen LogP contribution is 2.01. The summed E-state index contributed by atoms with van der Waals surface area (Å²) in [6.45, 7) is 2.82. The topological polar surface area (TPSA) is 119 Å². The third-order valence-electron chi connectivity index (χ3n) is 1.77. The van der Waals surface area contributed by atoms with E-state index in [-0.39, 0.29) is 6.61 Å². The largest absolute Gasteiger partial charge is 0.481 e. The first-order valence-electron chi connectivity index (χ1n) is 4.68. The van der Waals surface area contributed by atoms with Crippen molar-refractivity contribution in [1.29, 1.82) is 0 Å². The zero-order valence-corrected chi connectivity index (χ0v) is 8.74. The van der Waals surface area contributed by atoms with Gasteiger partial charge in [-0.05, 0) is 0 Å². The number of carbonyl (C=O) groups is 1. The molecule has 0 aliphatic rings. The van der Waals surface area contributed by atoms with Crippen LogP contribution < -0.4 is 5.32 Å². The van der Waals surface area contributed by atoms with Crippen LogP contribution in [0.1, 0.15) is 6.42 Å². The molecule has 0 spiro atoms. The van der Waals surface area contributed by atoms with E-state index in [4.69, 9.17) is 14.9 Å². The number of rotatable bonds is 9. The van der Waals surface area contributed by atoms with Gasteiger partial charge in [0.25, 0.3) is 0 Å². The average molecular weight is 235 g/mol. The lowest BCUT2D eigenvalue weighted by Crippen LogP contribution is -2.49. The van der Waals surface area contributed by atoms with Crippen molar-refractivity contribution in [1.82, 2.24) is 5.32 Å². The lowest BCUT2D eigenvalue weighted by molar-refractivity contribution is -0.144. The van der Waals surface area contributed by atoms with E-state index >= 15 is 0 Å². The molecule has 7 nitrogen and oxygen atoms in total. The maximum absolute atomic E-state index is 10.5. The molecular formula is C9H17NO6. The van der Waals surface area contributed by atoms with Crippen LogP contribution in [-0.2, 0) is 9.53 Å². The molecule has 0 heterocycles. The second-order valence-corrected chi connectivity index (χ2v) is 3.10. The third-order valence-corrected chi connectivity index (χ3v) is 1.77. The van der Waals surface area contributed by atoms with Crippen molar-refractivity contribution in [2.24, 2.45) is 0 Å². The number of aliphatic carboxylic acids is 1. The molecule has 0 fully saturated rings. The molecule has 0 aromatic heterocycles. The molecule has 0 aliphatic heterocycles. The Labute approximate surface area is 93.0 Å². The molecule has 0 saturated carbocycles. The molecule has 5 N–H and O–H groups in total. The molecule has 16 heavy (non-hydrogen) atoms. The van der Waals surface area contributed by atoms with E-state index in [1.54, 1.807) is 0 Å². The van der Waals surface area contributed by atoms with E-state index in [0.29, 0.717) is 0 Å². The van der Waals surface area contributed by atoms with Crippen LogP contribution in [0.25, 0.3) is 0 Å². The van der Waals surface area contributed by atoms with Gasteiger partial charge in [-0.3, -0.25) is 10.1 Å². The molecule has 0 bridgehead atoms. The summed E-state index contributed by atoms with van der Waals surface area (Å²) in [6, 6.07) is -0.998. The molecule has 0 radical (unpaired) electrons. The molecule has 0 rings (SSSR count). The van der Waals surface area contributed by atoms with Crippen LogP contribution in [0.2, 0.25) is 0 Å². The summed E-state index contributed by atoms with van der Waals surface area (Å²) < 4.78 is 4.74. The van der Waals surface area contributed by atoms with Crippen LogP contribution >= 0.6 is 0 Å². The Bertz CT molecular complexity index is 222. The minimum atomic E-state index is -1.43. The Morgan fingerprint density at radius 2 is 2.12 bits per heavy atom. The van der Waals surface area contributed by atoms with Gasteiger partial charge >= 0.3 is 5.97 Å². The van der Waals surface area contributed by atoms with Gasteiger partial charge in [0.15, 0.2) is 0 Å². The first kappa shape index (κ1) is 15.0. The minimum Gasteiger partial charge on any atom is -0.481 e. The summed E-state index contributed by atoms with van der Waals surface area (Å²) in [5, 5.41) is 38.1. The SMILES string of the molecule is C=CCOC(O)N[C@@H](CC(=O)O)C(O)CO. The first-order valence-corrected chi connectivity index (χ1v) is 4.68. The molecule has 0 aromatic rings. The van der Waals surface area contributed by atoms with Crippen molar-refractivity contribution >= 4 is 5.97 Å². The zero-order chi connectivity index (χ0) is 12.6. The molecule has 0 aliphatic carbocycles. The number of hydrogen-bond donors (Lipinski definition) is 5. The Hall–Kier alpha value is -0.990. The Morgan fingerprint density at radius 3 is 2.56 bits per heavy atom. The van der Waals surface area contributed by atoms with Gasteiger partial charge in [0.2, 0.25) is 6.41 Å². The number of carboxylic acids is 1. The van der Waals surface area contributed by atoms with Crippen LogP contribution in [0.15, 0.2) is 12.7 Å². The van der Waals surface area contributed by atoms with Crippen LogP contribution in [0.3, 0.4) is 0 Å². The molecule has 2 unspecified atom stereocenters. The fourth-order valence-electron chi connectivity index (χ4n) is 1.01. The normalized spacial score (nSPS) is 16.4. The van der Waals surface area contributed by atoms with Crippen LogP contribution in [0.5, 0.6) is 0 Å². The Kier molecular flexibility index (Phi) is 7.69. The van der Waals surface area contributed by atoms with E-state index in [1.807, 2.05) is 0 Å². The summed E-state index contributed by atoms with van der Waals surface area (Å²) in [6.07, 6.45) is -1.77. The quantitative estimate of drug-likeness (QED) is 0.237. The summed E-state index contributed by atoms with van der Waals surface area (Å²) >= 11 is 0. The summed E-state index contributed by atoms with van der Waals surface area (Å²) in [7, 11) is 0. The van der Waals surface area contributed by atoms with Crippen LogP contribution in [-0.4, -0.2) is 58.2 Å². The van der Waals surface area contributed by atoms with Crippen molar-refractivity contribution in [2.75, 3.05) is 13.2 Å². The van der Waals surface area contributed by atoms with Crippen molar-refractivity contribution in [3.8, 4) is 0 Å². The van der Waals surface area contributed by atoms with Gasteiger partial charge < -0.3 is 25.2 Å². The molecule has 0 amide bonds. The van der Waals surface area contributed by atoms with Gasteiger partial charge in [-0.25, -0.2) is 0 Å². The van der Waals surface area contributed by atoms with Crippen molar-refractivity contribution < 1.29 is 30.0 Å². The van der Waals surface area contributed by atoms with Crippen molar-refractivity contribution in [2.45, 2.75) is 25.0 Å². The highest BCUT2D eigenvalue weighted by atomic mass is 16.6. The lowest BCUT2D eigenvalue weighted by Gasteiger charge is -2.24. The predicted molar refractivity (Wildman–Crippen MR) is 54.4 cm³/mol. The number of aliphatic hydroxyl groups excluding tert-OH is 3. The van der Waals surface area contributed by atoms with Gasteiger partial charge in [0.05, 0.1) is 31.8 Å². The van der Waals surface area contributed by atoms with E-state index in [0.717, 1.165) is 0 Å². The zero-order valence-electron chi connectivity index (χ0n) is 8.74. The number of ether oxygens (including phenoxy) is 1. The van der Waals surface area contributed by atoms with E-state index in [9.17, 15) is 15.0 Å². The fraction of sp³-hybridized carbons (Fsp3) is 0.667. The van der Waals surface area contributed by atoms with Crippen LogP contribution in [0, 0.1) is 0 Å². The number of nitrogens with one attached hydrogen (secondary N) is 1. The molecule has 0 saturated heterocycles. The van der Waals surface area contributed by atoms with Crippen molar-refractivity contribution in [3.05, 3.63) is 12.7 Å². The molecule has 94 valence electrons. The second-order valence-electron chi connectivity index (χ2n) is 3.10. The monoisotopic (exact) mass is 235 g/mol. The van der Waals surface area contributed by atoms with E-state index in [2.05, 4.69) is 11.9 Å². The lowest BCUT2D eigenvalue weighted by atomic mass is 10.1. The Balaban J connectivity index is 4.18. The predicted octanol–water partition coefficient (Wildman–Crippen LogP) is -1.75. The molecule has 3 atom stereocenters. The maximum atomic E-state index is 10.5. The standard InChI is InChI=1S/C9H17NO6/c1-2-3-16-9(15)10-6(4-8(13)14)7(12)5-11/h2,6-7,9-12,15H,1,3-5H2,(H,13,14)/t6-,7?,9?/m0/s1. The van der Waals surface area contributed by atoms with Gasteiger partial charge in [0.1, 0.15) is 0 Å². The second kappa shape index (κ2) is 8.20. The smallest absolute Gasteiger partial charge is 0.305 e. The van der Waals surface area contributed by atoms with E-state index < -0.39 is 37.6 Å². The first-order chi connectivity index (χ1) is 7.51. The average Bonchev–Trinajstić information content (AvgIpc) is 2.23. The summed E-state index contributed by atoms with van der Waals surface area (Å²) in [5.74, 6) is -1.17. The molecular weight excluding hydrogens is 218 g/mol. The minimum absolute atomic E-state index is 0.0726. The highest BCUT2D eigenvalue weighted by molar-refractivity contribution is 5.67. The highest BCUT2D eigenvalue weighted by Gasteiger charge is 2.23. The maximum Gasteiger partial charge on any atom is 0.305 e. The Morgan fingerprint density at radius 1 is 1.50 bits per heavy atom. The van der Waals surface area contributed by atoms with Gasteiger partial charge in [-0.15, -0.1) is 6.58 Å². The number of aliphatic hydroxyl groups is 3. The third kappa shape index (κ3) is 6.49. The van der Waals surface area contributed by atoms with Gasteiger partial charge in [-0.2, -0.15) is 0 Å². The van der Waals surface area contributed by atoms with Gasteiger partial charge in [-0.1, -0.05) is 6.08 Å².